The number of fused-ring (bicyclic) bond motifs is 1. The van der Waals surface area contributed by atoms with Gasteiger partial charge in [-0.25, -0.2) is 0 Å². The minimum Gasteiger partial charge on any atom is -0.331 e. The summed E-state index contributed by atoms with van der Waals surface area (Å²) in [6.45, 7) is 2.89. The molecule has 0 aliphatic carbocycles. The SMILES string of the molecule is Cc1cccc2[nH]c(=S)n(Cc3cncs3)c12. The number of imidazole rings is 1. The van der Waals surface area contributed by atoms with Crippen molar-refractivity contribution in [1.82, 2.24) is 14.5 Å². The maximum atomic E-state index is 5.38. The first-order chi connectivity index (χ1) is 8.25. The lowest BCUT2D eigenvalue weighted by Gasteiger charge is -2.04. The predicted molar refractivity (Wildman–Crippen MR) is 73.1 cm³/mol. The van der Waals surface area contributed by atoms with Gasteiger partial charge >= 0.3 is 0 Å². The van der Waals surface area contributed by atoms with Crippen LogP contribution in [0.25, 0.3) is 11.0 Å². The van der Waals surface area contributed by atoms with Gasteiger partial charge in [-0.05, 0) is 30.8 Å². The Hall–Kier alpha value is -1.46. The van der Waals surface area contributed by atoms with Crippen molar-refractivity contribution in [2.75, 3.05) is 0 Å². The van der Waals surface area contributed by atoms with Gasteiger partial charge in [0, 0.05) is 11.1 Å². The van der Waals surface area contributed by atoms with Crippen LogP contribution < -0.4 is 0 Å². The second kappa shape index (κ2) is 4.09. The van der Waals surface area contributed by atoms with Crippen LogP contribution in [0.5, 0.6) is 0 Å². The van der Waals surface area contributed by atoms with E-state index in [1.165, 1.54) is 16.0 Å². The molecular formula is C12H11N3S2. The molecule has 2 heterocycles. The molecule has 3 nitrogen and oxygen atoms in total. The predicted octanol–water partition coefficient (Wildman–Crippen LogP) is 3.51. The Kier molecular flexibility index (Phi) is 2.57. The molecule has 0 saturated heterocycles. The maximum Gasteiger partial charge on any atom is 0.178 e. The first-order valence-electron chi connectivity index (χ1n) is 5.31. The fraction of sp³-hybridized carbons (Fsp3) is 0.167. The highest BCUT2D eigenvalue weighted by Crippen LogP contribution is 2.20. The Morgan fingerprint density at radius 2 is 2.35 bits per heavy atom. The molecular weight excluding hydrogens is 250 g/mol. The smallest absolute Gasteiger partial charge is 0.178 e. The van der Waals surface area contributed by atoms with Crippen LogP contribution in [0, 0.1) is 11.7 Å². The summed E-state index contributed by atoms with van der Waals surface area (Å²) >= 11 is 7.03. The van der Waals surface area contributed by atoms with Gasteiger partial charge in [-0.15, -0.1) is 11.3 Å². The first-order valence-corrected chi connectivity index (χ1v) is 6.60. The Labute approximate surface area is 108 Å². The molecule has 0 aliphatic rings. The van der Waals surface area contributed by atoms with E-state index < -0.39 is 0 Å². The molecule has 0 radical (unpaired) electrons. The van der Waals surface area contributed by atoms with Crippen molar-refractivity contribution in [1.29, 1.82) is 0 Å². The van der Waals surface area contributed by atoms with Crippen molar-refractivity contribution < 1.29 is 0 Å². The van der Waals surface area contributed by atoms with E-state index in [0.717, 1.165) is 16.8 Å². The third-order valence-corrected chi connectivity index (χ3v) is 3.88. The third kappa shape index (κ3) is 1.81. The Bertz CT molecular complexity index is 707. The van der Waals surface area contributed by atoms with E-state index in [1.807, 2.05) is 17.8 Å². The zero-order valence-electron chi connectivity index (χ0n) is 9.30. The molecule has 0 fully saturated rings. The molecule has 0 saturated carbocycles. The molecule has 0 amide bonds. The number of aromatic amines is 1. The number of H-pyrrole nitrogens is 1. The molecule has 1 aromatic carbocycles. The molecule has 5 heteroatoms. The second-order valence-electron chi connectivity index (χ2n) is 3.96. The molecule has 0 spiro atoms. The lowest BCUT2D eigenvalue weighted by Crippen LogP contribution is -1.98. The average molecular weight is 261 g/mol. The number of thiazole rings is 1. The second-order valence-corrected chi connectivity index (χ2v) is 5.31. The summed E-state index contributed by atoms with van der Waals surface area (Å²) in [7, 11) is 0. The van der Waals surface area contributed by atoms with Crippen molar-refractivity contribution in [2.45, 2.75) is 13.5 Å². The van der Waals surface area contributed by atoms with Crippen LogP contribution in [0.1, 0.15) is 10.4 Å². The number of benzene rings is 1. The number of aromatic nitrogens is 3. The monoisotopic (exact) mass is 261 g/mol. The highest BCUT2D eigenvalue weighted by Gasteiger charge is 2.07. The van der Waals surface area contributed by atoms with Crippen molar-refractivity contribution in [3.63, 3.8) is 0 Å². The average Bonchev–Trinajstić information content (AvgIpc) is 2.89. The van der Waals surface area contributed by atoms with Gasteiger partial charge in [-0.1, -0.05) is 12.1 Å². The minimum atomic E-state index is 0.766. The van der Waals surface area contributed by atoms with Gasteiger partial charge in [0.15, 0.2) is 4.77 Å². The van der Waals surface area contributed by atoms with Crippen LogP contribution in [0.3, 0.4) is 0 Å². The minimum absolute atomic E-state index is 0.766. The lowest BCUT2D eigenvalue weighted by atomic mass is 10.2. The zero-order chi connectivity index (χ0) is 11.8. The summed E-state index contributed by atoms with van der Waals surface area (Å²) in [5, 5.41) is 0. The fourth-order valence-electron chi connectivity index (χ4n) is 2.03. The quantitative estimate of drug-likeness (QED) is 0.716. The van der Waals surface area contributed by atoms with Gasteiger partial charge in [-0.2, -0.15) is 0 Å². The van der Waals surface area contributed by atoms with E-state index in [-0.39, 0.29) is 0 Å². The molecule has 1 N–H and O–H groups in total. The largest absolute Gasteiger partial charge is 0.331 e. The van der Waals surface area contributed by atoms with Crippen LogP contribution in [-0.2, 0) is 6.54 Å². The first kappa shape index (κ1) is 10.7. The van der Waals surface area contributed by atoms with Gasteiger partial charge in [0.1, 0.15) is 0 Å². The molecule has 2 aromatic heterocycles. The number of nitrogens with one attached hydrogen (secondary N) is 1. The maximum absolute atomic E-state index is 5.38. The number of hydrogen-bond acceptors (Lipinski definition) is 3. The molecule has 0 bridgehead atoms. The Morgan fingerprint density at radius 3 is 3.12 bits per heavy atom. The van der Waals surface area contributed by atoms with Crippen molar-refractivity contribution in [2.24, 2.45) is 0 Å². The van der Waals surface area contributed by atoms with Gasteiger partial charge in [-0.3, -0.25) is 4.98 Å². The summed E-state index contributed by atoms with van der Waals surface area (Å²) < 4.78 is 2.90. The van der Waals surface area contributed by atoms with E-state index in [9.17, 15) is 0 Å². The van der Waals surface area contributed by atoms with Crippen molar-refractivity contribution in [3.8, 4) is 0 Å². The molecule has 86 valence electrons. The highest BCUT2D eigenvalue weighted by atomic mass is 32.1. The zero-order valence-corrected chi connectivity index (χ0v) is 10.9. The topological polar surface area (TPSA) is 33.6 Å². The van der Waals surface area contributed by atoms with E-state index in [1.54, 1.807) is 11.3 Å². The van der Waals surface area contributed by atoms with Crippen molar-refractivity contribution >= 4 is 34.6 Å². The van der Waals surface area contributed by atoms with Crippen LogP contribution in [-0.4, -0.2) is 14.5 Å². The standard InChI is InChI=1S/C12H11N3S2/c1-8-3-2-4-10-11(8)15(12(16)14-10)6-9-5-13-7-17-9/h2-5,7H,6H2,1H3,(H,14,16). The number of hydrogen-bond donors (Lipinski definition) is 1. The molecule has 3 aromatic rings. The van der Waals surface area contributed by atoms with E-state index in [4.69, 9.17) is 12.2 Å². The third-order valence-electron chi connectivity index (χ3n) is 2.79. The fourth-order valence-corrected chi connectivity index (χ4v) is 2.88. The number of aryl methyl sites for hydroxylation is 1. The molecule has 0 aliphatic heterocycles. The molecule has 17 heavy (non-hydrogen) atoms. The van der Waals surface area contributed by atoms with Crippen LogP contribution in [0.4, 0.5) is 0 Å². The summed E-state index contributed by atoms with van der Waals surface area (Å²) in [6, 6.07) is 6.20. The molecule has 3 rings (SSSR count). The number of nitrogens with zero attached hydrogens (tertiary/aromatic N) is 2. The summed E-state index contributed by atoms with van der Waals surface area (Å²) in [5.41, 5.74) is 5.37. The van der Waals surface area contributed by atoms with E-state index >= 15 is 0 Å². The Balaban J connectivity index is 2.21. The van der Waals surface area contributed by atoms with Gasteiger partial charge in [0.05, 0.1) is 23.1 Å². The van der Waals surface area contributed by atoms with Gasteiger partial charge in [0.25, 0.3) is 0 Å². The Morgan fingerprint density at radius 1 is 1.47 bits per heavy atom. The van der Waals surface area contributed by atoms with Crippen LogP contribution in [0.2, 0.25) is 0 Å². The van der Waals surface area contributed by atoms with Crippen molar-refractivity contribution in [3.05, 3.63) is 45.1 Å². The van der Waals surface area contributed by atoms with Crippen LogP contribution in [0.15, 0.2) is 29.9 Å². The molecule has 0 atom stereocenters. The number of para-hydroxylation sites is 1. The van der Waals surface area contributed by atoms with Gasteiger partial charge < -0.3 is 9.55 Å². The highest BCUT2D eigenvalue weighted by molar-refractivity contribution is 7.71. The van der Waals surface area contributed by atoms with Crippen LogP contribution >= 0.6 is 23.6 Å². The van der Waals surface area contributed by atoms with E-state index in [2.05, 4.69) is 33.6 Å². The number of rotatable bonds is 2. The normalized spacial score (nSPS) is 11.1. The van der Waals surface area contributed by atoms with Gasteiger partial charge in [0.2, 0.25) is 0 Å². The summed E-state index contributed by atoms with van der Waals surface area (Å²) in [4.78, 5) is 8.55. The van der Waals surface area contributed by atoms with E-state index in [0.29, 0.717) is 0 Å². The summed E-state index contributed by atoms with van der Waals surface area (Å²) in [6.07, 6.45) is 1.89. The molecule has 0 unspecified atom stereocenters. The lowest BCUT2D eigenvalue weighted by molar-refractivity contribution is 0.819. The summed E-state index contributed by atoms with van der Waals surface area (Å²) in [5.74, 6) is 0.